The Hall–Kier alpha value is -1.91. The minimum Gasteiger partial charge on any atom is -0.439 e. The molecule has 1 aromatic carbocycles. The summed E-state index contributed by atoms with van der Waals surface area (Å²) in [6.07, 6.45) is 2.87. The van der Waals surface area contributed by atoms with Gasteiger partial charge in [0.05, 0.1) is 6.61 Å². The first-order chi connectivity index (χ1) is 10.2. The fourth-order valence-electron chi connectivity index (χ4n) is 2.01. The van der Waals surface area contributed by atoms with Crippen molar-refractivity contribution in [1.29, 1.82) is 0 Å². The Balaban J connectivity index is 2.06. The fourth-order valence-corrected chi connectivity index (χ4v) is 2.01. The van der Waals surface area contributed by atoms with Crippen LogP contribution in [-0.4, -0.2) is 16.6 Å². The predicted molar refractivity (Wildman–Crippen MR) is 83.4 cm³/mol. The third-order valence-electron chi connectivity index (χ3n) is 3.29. The molecule has 0 aliphatic carbocycles. The van der Waals surface area contributed by atoms with Gasteiger partial charge in [0, 0.05) is 18.3 Å². The van der Waals surface area contributed by atoms with Crippen LogP contribution in [0.5, 0.6) is 11.6 Å². The molecular formula is C17H22N2O2. The van der Waals surface area contributed by atoms with Crippen molar-refractivity contribution in [3.8, 4) is 11.6 Å². The summed E-state index contributed by atoms with van der Waals surface area (Å²) in [6, 6.07) is 11.6. The predicted octanol–water partition coefficient (Wildman–Crippen LogP) is 3.43. The van der Waals surface area contributed by atoms with Crippen molar-refractivity contribution in [3.05, 3.63) is 53.7 Å². The summed E-state index contributed by atoms with van der Waals surface area (Å²) in [5.41, 5.74) is 2.02. The number of hydrogen-bond donors (Lipinski definition) is 2. The lowest BCUT2D eigenvalue weighted by atomic mass is 10.1. The Morgan fingerprint density at radius 1 is 1.24 bits per heavy atom. The van der Waals surface area contributed by atoms with Crippen LogP contribution in [-0.2, 0) is 6.61 Å². The number of aromatic nitrogens is 1. The van der Waals surface area contributed by atoms with Crippen molar-refractivity contribution in [3.63, 3.8) is 0 Å². The summed E-state index contributed by atoms with van der Waals surface area (Å²) in [7, 11) is 0. The molecule has 0 radical (unpaired) electrons. The standard InChI is InChI=1S/C17H22N2O2/c1-3-9-18-13(2)15-8-10-19-17(11-15)21-16-6-4-14(12-20)5-7-16/h4-8,10-11,13,18,20H,3,9,12H2,1-2H3. The van der Waals surface area contributed by atoms with E-state index >= 15 is 0 Å². The molecule has 2 N–H and O–H groups in total. The molecule has 0 bridgehead atoms. The van der Waals surface area contributed by atoms with Crippen LogP contribution in [0.4, 0.5) is 0 Å². The molecule has 0 saturated carbocycles. The zero-order valence-electron chi connectivity index (χ0n) is 12.5. The summed E-state index contributed by atoms with van der Waals surface area (Å²) in [5, 5.41) is 12.5. The van der Waals surface area contributed by atoms with Crippen molar-refractivity contribution >= 4 is 0 Å². The molecule has 21 heavy (non-hydrogen) atoms. The van der Waals surface area contributed by atoms with Crippen molar-refractivity contribution in [2.45, 2.75) is 32.9 Å². The van der Waals surface area contributed by atoms with Crippen LogP contribution >= 0.6 is 0 Å². The lowest BCUT2D eigenvalue weighted by Crippen LogP contribution is -2.19. The number of aliphatic hydroxyl groups excluding tert-OH is 1. The lowest BCUT2D eigenvalue weighted by molar-refractivity contribution is 0.281. The second-order valence-corrected chi connectivity index (χ2v) is 5.01. The molecule has 2 rings (SSSR count). The van der Waals surface area contributed by atoms with Gasteiger partial charge in [-0.15, -0.1) is 0 Å². The lowest BCUT2D eigenvalue weighted by Gasteiger charge is -2.14. The summed E-state index contributed by atoms with van der Waals surface area (Å²) in [4.78, 5) is 4.24. The highest BCUT2D eigenvalue weighted by Crippen LogP contribution is 2.22. The van der Waals surface area contributed by atoms with Crippen LogP contribution < -0.4 is 10.1 Å². The molecule has 4 heteroatoms. The second kappa shape index (κ2) is 7.76. The summed E-state index contributed by atoms with van der Waals surface area (Å²) in [6.45, 7) is 5.30. The number of benzene rings is 1. The van der Waals surface area contributed by atoms with Gasteiger partial charge in [-0.25, -0.2) is 4.98 Å². The monoisotopic (exact) mass is 286 g/mol. The van der Waals surface area contributed by atoms with Crippen molar-refractivity contribution in [1.82, 2.24) is 10.3 Å². The van der Waals surface area contributed by atoms with Crippen LogP contribution in [0.3, 0.4) is 0 Å². The molecule has 4 nitrogen and oxygen atoms in total. The second-order valence-electron chi connectivity index (χ2n) is 5.01. The highest BCUT2D eigenvalue weighted by Gasteiger charge is 2.07. The van der Waals surface area contributed by atoms with Gasteiger partial charge in [-0.3, -0.25) is 0 Å². The molecule has 1 unspecified atom stereocenters. The number of pyridine rings is 1. The van der Waals surface area contributed by atoms with Crippen molar-refractivity contribution in [2.24, 2.45) is 0 Å². The molecule has 2 aromatic rings. The van der Waals surface area contributed by atoms with Crippen LogP contribution in [0.25, 0.3) is 0 Å². The molecule has 1 atom stereocenters. The minimum absolute atomic E-state index is 0.0363. The van der Waals surface area contributed by atoms with Crippen molar-refractivity contribution < 1.29 is 9.84 Å². The van der Waals surface area contributed by atoms with E-state index in [4.69, 9.17) is 9.84 Å². The highest BCUT2D eigenvalue weighted by molar-refractivity contribution is 5.32. The van der Waals surface area contributed by atoms with Gasteiger partial charge in [-0.05, 0) is 49.2 Å². The Labute approximate surface area is 125 Å². The fraction of sp³-hybridized carbons (Fsp3) is 0.353. The first-order valence-electron chi connectivity index (χ1n) is 7.30. The van der Waals surface area contributed by atoms with Gasteiger partial charge >= 0.3 is 0 Å². The molecule has 0 amide bonds. The van der Waals surface area contributed by atoms with Crippen LogP contribution in [0.15, 0.2) is 42.6 Å². The Bertz CT molecular complexity index is 555. The molecule has 0 aliphatic rings. The van der Waals surface area contributed by atoms with E-state index in [-0.39, 0.29) is 12.6 Å². The zero-order valence-corrected chi connectivity index (χ0v) is 12.5. The first kappa shape index (κ1) is 15.5. The molecule has 0 fully saturated rings. The quantitative estimate of drug-likeness (QED) is 0.819. The van der Waals surface area contributed by atoms with Gasteiger partial charge < -0.3 is 15.2 Å². The van der Waals surface area contributed by atoms with Gasteiger partial charge in [0.25, 0.3) is 0 Å². The van der Waals surface area contributed by atoms with Gasteiger partial charge in [0.15, 0.2) is 0 Å². The highest BCUT2D eigenvalue weighted by atomic mass is 16.5. The largest absolute Gasteiger partial charge is 0.439 e. The van der Waals surface area contributed by atoms with Gasteiger partial charge in [-0.2, -0.15) is 0 Å². The van der Waals surface area contributed by atoms with Crippen molar-refractivity contribution in [2.75, 3.05) is 6.54 Å². The molecule has 0 spiro atoms. The maximum atomic E-state index is 9.03. The number of hydrogen-bond acceptors (Lipinski definition) is 4. The molecule has 0 saturated heterocycles. The van der Waals surface area contributed by atoms with Crippen LogP contribution in [0, 0.1) is 0 Å². The number of rotatable bonds is 7. The maximum absolute atomic E-state index is 9.03. The van der Waals surface area contributed by atoms with E-state index in [1.165, 1.54) is 0 Å². The zero-order chi connectivity index (χ0) is 15.1. The maximum Gasteiger partial charge on any atom is 0.219 e. The smallest absolute Gasteiger partial charge is 0.219 e. The van der Waals surface area contributed by atoms with Gasteiger partial charge in [0.1, 0.15) is 5.75 Å². The number of ether oxygens (including phenoxy) is 1. The normalized spacial score (nSPS) is 12.1. The number of aliphatic hydroxyl groups is 1. The summed E-state index contributed by atoms with van der Waals surface area (Å²) >= 11 is 0. The van der Waals surface area contributed by atoms with Gasteiger partial charge in [0.2, 0.25) is 5.88 Å². The Morgan fingerprint density at radius 3 is 2.67 bits per heavy atom. The van der Waals surface area contributed by atoms with Gasteiger partial charge in [-0.1, -0.05) is 19.1 Å². The first-order valence-corrected chi connectivity index (χ1v) is 7.30. The van der Waals surface area contributed by atoms with E-state index in [9.17, 15) is 0 Å². The number of nitrogens with zero attached hydrogens (tertiary/aromatic N) is 1. The summed E-state index contributed by atoms with van der Waals surface area (Å²) in [5.74, 6) is 1.29. The summed E-state index contributed by atoms with van der Waals surface area (Å²) < 4.78 is 5.75. The average Bonchev–Trinajstić information content (AvgIpc) is 2.53. The number of nitrogens with one attached hydrogen (secondary N) is 1. The molecular weight excluding hydrogens is 264 g/mol. The minimum atomic E-state index is 0.0363. The third kappa shape index (κ3) is 4.55. The molecule has 1 heterocycles. The van der Waals surface area contributed by atoms with E-state index in [2.05, 4.69) is 24.1 Å². The van der Waals surface area contributed by atoms with E-state index in [1.54, 1.807) is 6.20 Å². The Kier molecular flexibility index (Phi) is 5.72. The SMILES string of the molecule is CCCNC(C)c1ccnc(Oc2ccc(CO)cc2)c1. The van der Waals surface area contributed by atoms with E-state index in [0.717, 1.165) is 24.1 Å². The van der Waals surface area contributed by atoms with E-state index in [0.29, 0.717) is 11.6 Å². The topological polar surface area (TPSA) is 54.4 Å². The average molecular weight is 286 g/mol. The molecule has 112 valence electrons. The molecule has 1 aromatic heterocycles. The van der Waals surface area contributed by atoms with Crippen LogP contribution in [0.1, 0.15) is 37.4 Å². The van der Waals surface area contributed by atoms with Crippen LogP contribution in [0.2, 0.25) is 0 Å². The third-order valence-corrected chi connectivity index (χ3v) is 3.29. The Morgan fingerprint density at radius 2 is 2.00 bits per heavy atom. The molecule has 0 aliphatic heterocycles. The van der Waals surface area contributed by atoms with E-state index in [1.807, 2.05) is 36.4 Å². The van der Waals surface area contributed by atoms with E-state index < -0.39 is 0 Å².